The molecule has 0 aliphatic heterocycles. The number of fused-ring (bicyclic) bond motifs is 1. The first-order valence-electron chi connectivity index (χ1n) is 5.63. The zero-order valence-corrected chi connectivity index (χ0v) is 10.8. The van der Waals surface area contributed by atoms with Crippen molar-refractivity contribution in [2.45, 2.75) is 26.0 Å². The third-order valence-corrected chi connectivity index (χ3v) is 3.10. The van der Waals surface area contributed by atoms with Crippen LogP contribution in [0.4, 0.5) is 0 Å². The standard InChI is InChI=1S/C13H14ClNO3/c1-7(2)15-10-6-9(14)4-3-8(10)5-11(15)12(16)13(17)18/h3-7,12,16H,1-2H3,(H,17,18). The lowest BCUT2D eigenvalue weighted by atomic mass is 10.2. The van der Waals surface area contributed by atoms with Gasteiger partial charge in [-0.3, -0.25) is 0 Å². The van der Waals surface area contributed by atoms with Gasteiger partial charge in [0, 0.05) is 16.5 Å². The molecule has 2 rings (SSSR count). The van der Waals surface area contributed by atoms with Gasteiger partial charge in [0.05, 0.1) is 11.2 Å². The van der Waals surface area contributed by atoms with Crippen LogP contribution in [0.15, 0.2) is 24.3 Å². The van der Waals surface area contributed by atoms with Crippen LogP contribution in [0, 0.1) is 0 Å². The molecule has 0 saturated heterocycles. The molecular formula is C13H14ClNO3. The van der Waals surface area contributed by atoms with Crippen molar-refractivity contribution in [3.8, 4) is 0 Å². The van der Waals surface area contributed by atoms with Crippen molar-refractivity contribution in [1.29, 1.82) is 0 Å². The first-order valence-corrected chi connectivity index (χ1v) is 6.01. The van der Waals surface area contributed by atoms with E-state index < -0.39 is 12.1 Å². The van der Waals surface area contributed by atoms with E-state index in [0.29, 0.717) is 10.7 Å². The number of aromatic nitrogens is 1. The number of nitrogens with zero attached hydrogens (tertiary/aromatic N) is 1. The summed E-state index contributed by atoms with van der Waals surface area (Å²) in [6.45, 7) is 3.86. The molecule has 4 nitrogen and oxygen atoms in total. The van der Waals surface area contributed by atoms with Crippen LogP contribution in [0.5, 0.6) is 0 Å². The van der Waals surface area contributed by atoms with E-state index in [1.54, 1.807) is 22.8 Å². The van der Waals surface area contributed by atoms with E-state index in [-0.39, 0.29) is 6.04 Å². The number of hydrogen-bond donors (Lipinski definition) is 2. The van der Waals surface area contributed by atoms with Crippen molar-refractivity contribution in [3.05, 3.63) is 35.0 Å². The first-order chi connectivity index (χ1) is 8.41. The second-order valence-electron chi connectivity index (χ2n) is 4.48. The summed E-state index contributed by atoms with van der Waals surface area (Å²) in [7, 11) is 0. The summed E-state index contributed by atoms with van der Waals surface area (Å²) >= 11 is 5.95. The third-order valence-electron chi connectivity index (χ3n) is 2.86. The lowest BCUT2D eigenvalue weighted by molar-refractivity contribution is -0.147. The maximum atomic E-state index is 10.9. The Bertz CT molecular complexity index is 604. The zero-order chi connectivity index (χ0) is 13.4. The van der Waals surface area contributed by atoms with Crippen molar-refractivity contribution in [2.75, 3.05) is 0 Å². The molecule has 0 bridgehead atoms. The number of benzene rings is 1. The van der Waals surface area contributed by atoms with Crippen LogP contribution in [-0.2, 0) is 4.79 Å². The summed E-state index contributed by atoms with van der Waals surface area (Å²) in [6, 6.07) is 7.05. The van der Waals surface area contributed by atoms with Crippen molar-refractivity contribution in [2.24, 2.45) is 0 Å². The largest absolute Gasteiger partial charge is 0.479 e. The Morgan fingerprint density at radius 2 is 2.00 bits per heavy atom. The van der Waals surface area contributed by atoms with Gasteiger partial charge < -0.3 is 14.8 Å². The highest BCUT2D eigenvalue weighted by molar-refractivity contribution is 6.31. The summed E-state index contributed by atoms with van der Waals surface area (Å²) in [6.07, 6.45) is -1.53. The van der Waals surface area contributed by atoms with Crippen LogP contribution >= 0.6 is 11.6 Å². The molecule has 0 fully saturated rings. The van der Waals surface area contributed by atoms with Gasteiger partial charge in [-0.05, 0) is 32.0 Å². The molecule has 1 unspecified atom stereocenters. The van der Waals surface area contributed by atoms with Gasteiger partial charge in [0.1, 0.15) is 0 Å². The fraction of sp³-hybridized carbons (Fsp3) is 0.308. The van der Waals surface area contributed by atoms with Crippen LogP contribution < -0.4 is 0 Å². The monoisotopic (exact) mass is 267 g/mol. The Balaban J connectivity index is 2.73. The number of halogens is 1. The van der Waals surface area contributed by atoms with E-state index in [1.165, 1.54) is 0 Å². The topological polar surface area (TPSA) is 62.5 Å². The molecule has 0 radical (unpaired) electrons. The highest BCUT2D eigenvalue weighted by atomic mass is 35.5. The SMILES string of the molecule is CC(C)n1c(C(O)C(=O)O)cc2ccc(Cl)cc21. The molecule has 0 amide bonds. The molecule has 1 atom stereocenters. The number of carbonyl (C=O) groups is 1. The molecule has 1 heterocycles. The van der Waals surface area contributed by atoms with Gasteiger partial charge in [-0.1, -0.05) is 17.7 Å². The van der Waals surface area contributed by atoms with Crippen LogP contribution in [-0.4, -0.2) is 20.7 Å². The molecule has 0 spiro atoms. The summed E-state index contributed by atoms with van der Waals surface area (Å²) < 4.78 is 1.79. The molecule has 1 aromatic heterocycles. The highest BCUT2D eigenvalue weighted by Crippen LogP contribution is 2.30. The van der Waals surface area contributed by atoms with Crippen LogP contribution in [0.1, 0.15) is 31.7 Å². The van der Waals surface area contributed by atoms with E-state index in [9.17, 15) is 9.90 Å². The first kappa shape index (κ1) is 12.9. The van der Waals surface area contributed by atoms with Gasteiger partial charge in [0.15, 0.2) is 6.10 Å². The molecule has 18 heavy (non-hydrogen) atoms. The van der Waals surface area contributed by atoms with Crippen molar-refractivity contribution in [1.82, 2.24) is 4.57 Å². The van der Waals surface area contributed by atoms with E-state index in [2.05, 4.69) is 0 Å². The summed E-state index contributed by atoms with van der Waals surface area (Å²) in [5, 5.41) is 20.1. The molecular weight excluding hydrogens is 254 g/mol. The van der Waals surface area contributed by atoms with Gasteiger partial charge in [-0.15, -0.1) is 0 Å². The van der Waals surface area contributed by atoms with Gasteiger partial charge in [-0.25, -0.2) is 4.79 Å². The molecule has 2 N–H and O–H groups in total. The van der Waals surface area contributed by atoms with Crippen LogP contribution in [0.3, 0.4) is 0 Å². The Hall–Kier alpha value is -1.52. The highest BCUT2D eigenvalue weighted by Gasteiger charge is 2.23. The summed E-state index contributed by atoms with van der Waals surface area (Å²) in [5.74, 6) is -1.26. The number of aliphatic hydroxyl groups excluding tert-OH is 1. The quantitative estimate of drug-likeness (QED) is 0.899. The number of carboxylic acid groups (broad SMARTS) is 1. The maximum Gasteiger partial charge on any atom is 0.338 e. The predicted octanol–water partition coefficient (Wildman–Crippen LogP) is 2.99. The Morgan fingerprint density at radius 1 is 1.33 bits per heavy atom. The fourth-order valence-electron chi connectivity index (χ4n) is 2.13. The van der Waals surface area contributed by atoms with E-state index in [1.807, 2.05) is 19.9 Å². The Morgan fingerprint density at radius 3 is 2.56 bits per heavy atom. The number of carboxylic acids is 1. The van der Waals surface area contributed by atoms with E-state index >= 15 is 0 Å². The van der Waals surface area contributed by atoms with E-state index in [4.69, 9.17) is 16.7 Å². The molecule has 5 heteroatoms. The zero-order valence-electron chi connectivity index (χ0n) is 10.1. The number of aliphatic hydroxyl groups is 1. The minimum atomic E-state index is -1.53. The number of aliphatic carboxylic acids is 1. The Labute approximate surface area is 109 Å². The van der Waals surface area contributed by atoms with Crippen molar-refractivity contribution in [3.63, 3.8) is 0 Å². The normalized spacial score (nSPS) is 13.2. The number of hydrogen-bond acceptors (Lipinski definition) is 2. The predicted molar refractivity (Wildman–Crippen MR) is 69.9 cm³/mol. The molecule has 0 aliphatic carbocycles. The molecule has 0 aliphatic rings. The third kappa shape index (κ3) is 2.09. The maximum absolute atomic E-state index is 10.9. The average Bonchev–Trinajstić information content (AvgIpc) is 2.65. The minimum Gasteiger partial charge on any atom is -0.479 e. The summed E-state index contributed by atoms with van der Waals surface area (Å²) in [4.78, 5) is 10.9. The van der Waals surface area contributed by atoms with Gasteiger partial charge in [0.2, 0.25) is 0 Å². The summed E-state index contributed by atoms with van der Waals surface area (Å²) in [5.41, 5.74) is 1.20. The Kier molecular flexibility index (Phi) is 3.32. The van der Waals surface area contributed by atoms with Crippen LogP contribution in [0.2, 0.25) is 5.02 Å². The molecule has 2 aromatic rings. The van der Waals surface area contributed by atoms with Gasteiger partial charge >= 0.3 is 5.97 Å². The van der Waals surface area contributed by atoms with Crippen LogP contribution in [0.25, 0.3) is 10.9 Å². The average molecular weight is 268 g/mol. The van der Waals surface area contributed by atoms with E-state index in [0.717, 1.165) is 10.9 Å². The minimum absolute atomic E-state index is 0.0324. The molecule has 0 saturated carbocycles. The van der Waals surface area contributed by atoms with Crippen molar-refractivity contribution >= 4 is 28.5 Å². The lowest BCUT2D eigenvalue weighted by Crippen LogP contribution is -2.16. The van der Waals surface area contributed by atoms with Crippen molar-refractivity contribution < 1.29 is 15.0 Å². The van der Waals surface area contributed by atoms with Gasteiger partial charge in [-0.2, -0.15) is 0 Å². The fourth-order valence-corrected chi connectivity index (χ4v) is 2.30. The second kappa shape index (κ2) is 4.63. The second-order valence-corrected chi connectivity index (χ2v) is 4.91. The molecule has 1 aromatic carbocycles. The number of rotatable bonds is 3. The lowest BCUT2D eigenvalue weighted by Gasteiger charge is -2.16. The smallest absolute Gasteiger partial charge is 0.338 e. The van der Waals surface area contributed by atoms with Gasteiger partial charge in [0.25, 0.3) is 0 Å². The molecule has 96 valence electrons.